The van der Waals surface area contributed by atoms with Crippen LogP contribution in [0.3, 0.4) is 0 Å². The van der Waals surface area contributed by atoms with Crippen LogP contribution in [0, 0.1) is 0 Å². The molecule has 0 aromatic heterocycles. The Morgan fingerprint density at radius 3 is 2.46 bits per heavy atom. The lowest BCUT2D eigenvalue weighted by Gasteiger charge is -2.37. The van der Waals surface area contributed by atoms with Gasteiger partial charge in [0.25, 0.3) is 5.91 Å². The first-order valence-corrected chi connectivity index (χ1v) is 9.71. The Morgan fingerprint density at radius 1 is 1.04 bits per heavy atom. The van der Waals surface area contributed by atoms with Crippen molar-refractivity contribution in [1.82, 2.24) is 10.2 Å². The maximum absolute atomic E-state index is 12.5. The minimum Gasteiger partial charge on any atom is -0.368 e. The van der Waals surface area contributed by atoms with Crippen molar-refractivity contribution >= 4 is 34.9 Å². The molecule has 4 rings (SSSR count). The van der Waals surface area contributed by atoms with Crippen LogP contribution in [0.5, 0.6) is 0 Å². The Labute approximate surface area is 168 Å². The summed E-state index contributed by atoms with van der Waals surface area (Å²) in [5.41, 5.74) is 1.71. The fourth-order valence-corrected chi connectivity index (χ4v) is 3.70. The van der Waals surface area contributed by atoms with E-state index in [0.717, 1.165) is 26.2 Å². The van der Waals surface area contributed by atoms with Crippen molar-refractivity contribution in [3.05, 3.63) is 65.2 Å². The lowest BCUT2D eigenvalue weighted by atomic mass is 10.0. The van der Waals surface area contributed by atoms with Gasteiger partial charge >= 0.3 is 0 Å². The number of nitrogens with zero attached hydrogens (tertiary/aromatic N) is 3. The molecule has 2 aliphatic rings. The number of hydrogen-bond acceptors (Lipinski definition) is 5. The highest BCUT2D eigenvalue weighted by molar-refractivity contribution is 6.31. The molecular formula is C21H21ClN4O2. The largest absolute Gasteiger partial charge is 0.368 e. The summed E-state index contributed by atoms with van der Waals surface area (Å²) in [4.78, 5) is 33.3. The number of carbonyl (C=O) groups excluding carboxylic acids is 2. The van der Waals surface area contributed by atoms with Crippen LogP contribution < -0.4 is 10.2 Å². The summed E-state index contributed by atoms with van der Waals surface area (Å²) in [6, 6.07) is 16.4. The van der Waals surface area contributed by atoms with Gasteiger partial charge in [-0.05, 0) is 24.3 Å². The average Bonchev–Trinajstić information content (AvgIpc) is 3.09. The molecule has 0 spiro atoms. The van der Waals surface area contributed by atoms with Crippen molar-refractivity contribution in [2.24, 2.45) is 4.99 Å². The molecule has 144 valence electrons. The Bertz CT molecular complexity index is 908. The topological polar surface area (TPSA) is 65.0 Å². The summed E-state index contributed by atoms with van der Waals surface area (Å²) in [6.45, 7) is 3.24. The van der Waals surface area contributed by atoms with Gasteiger partial charge in [0, 0.05) is 48.9 Å². The second kappa shape index (κ2) is 8.02. The predicted octanol–water partition coefficient (Wildman–Crippen LogP) is 2.59. The van der Waals surface area contributed by atoms with Crippen LogP contribution in [0.2, 0.25) is 5.02 Å². The predicted molar refractivity (Wildman–Crippen MR) is 110 cm³/mol. The number of Topliss-reactive ketones (excluding diaryl/α,β-unsaturated/α-hetero) is 1. The van der Waals surface area contributed by atoms with Crippen LogP contribution in [0.25, 0.3) is 0 Å². The van der Waals surface area contributed by atoms with Gasteiger partial charge in [0.05, 0.1) is 0 Å². The van der Waals surface area contributed by atoms with Crippen molar-refractivity contribution in [3.63, 3.8) is 0 Å². The number of guanidine groups is 1. The van der Waals surface area contributed by atoms with E-state index in [1.54, 1.807) is 24.3 Å². The Morgan fingerprint density at radius 2 is 1.75 bits per heavy atom. The Hall–Kier alpha value is -2.86. The second-order valence-electron chi connectivity index (χ2n) is 6.92. The summed E-state index contributed by atoms with van der Waals surface area (Å²) in [5.74, 6) is 0.149. The highest BCUT2D eigenvalue weighted by Gasteiger charge is 2.32. The number of rotatable bonds is 4. The lowest BCUT2D eigenvalue weighted by Crippen LogP contribution is -2.52. The first-order chi connectivity index (χ1) is 13.6. The van der Waals surface area contributed by atoms with E-state index in [4.69, 9.17) is 11.6 Å². The number of piperazine rings is 1. The van der Waals surface area contributed by atoms with Gasteiger partial charge in [-0.2, -0.15) is 4.99 Å². The van der Waals surface area contributed by atoms with Gasteiger partial charge in [0.15, 0.2) is 5.78 Å². The van der Waals surface area contributed by atoms with Gasteiger partial charge in [0.1, 0.15) is 6.04 Å². The molecule has 2 aliphatic heterocycles. The molecule has 6 nitrogen and oxygen atoms in total. The first-order valence-electron chi connectivity index (χ1n) is 9.33. The molecular weight excluding hydrogens is 376 g/mol. The minimum atomic E-state index is -0.617. The molecule has 0 radical (unpaired) electrons. The van der Waals surface area contributed by atoms with E-state index < -0.39 is 6.04 Å². The number of benzene rings is 2. The molecule has 2 aromatic carbocycles. The first kappa shape index (κ1) is 18.5. The molecule has 1 fully saturated rings. The number of para-hydroxylation sites is 1. The maximum Gasteiger partial charge on any atom is 0.271 e. The highest BCUT2D eigenvalue weighted by Crippen LogP contribution is 2.18. The van der Waals surface area contributed by atoms with E-state index in [1.807, 2.05) is 18.2 Å². The third-order valence-corrected chi connectivity index (χ3v) is 5.29. The number of nitrogens with one attached hydrogen (secondary N) is 1. The van der Waals surface area contributed by atoms with Crippen molar-refractivity contribution in [2.75, 3.05) is 31.1 Å². The average molecular weight is 397 g/mol. The van der Waals surface area contributed by atoms with Crippen LogP contribution in [0.1, 0.15) is 16.8 Å². The fourth-order valence-electron chi connectivity index (χ4n) is 3.51. The molecule has 1 amide bonds. The summed E-state index contributed by atoms with van der Waals surface area (Å²) in [6.07, 6.45) is 0.0656. The van der Waals surface area contributed by atoms with Crippen molar-refractivity contribution in [1.29, 1.82) is 0 Å². The van der Waals surface area contributed by atoms with Gasteiger partial charge < -0.3 is 15.1 Å². The summed E-state index contributed by atoms with van der Waals surface area (Å²) in [7, 11) is 0. The number of ketones is 1. The van der Waals surface area contributed by atoms with E-state index in [0.29, 0.717) is 16.5 Å². The normalized spacial score (nSPS) is 19.4. The quantitative estimate of drug-likeness (QED) is 0.805. The van der Waals surface area contributed by atoms with Gasteiger partial charge in [-0.15, -0.1) is 0 Å². The van der Waals surface area contributed by atoms with Crippen LogP contribution in [0.15, 0.2) is 59.6 Å². The number of aliphatic imine (C=N–C) groups is 1. The number of hydrogen-bond donors (Lipinski definition) is 1. The van der Waals surface area contributed by atoms with Crippen molar-refractivity contribution in [3.8, 4) is 0 Å². The van der Waals surface area contributed by atoms with Gasteiger partial charge in [-0.25, -0.2) is 0 Å². The van der Waals surface area contributed by atoms with E-state index in [2.05, 4.69) is 32.2 Å². The van der Waals surface area contributed by atoms with E-state index in [1.165, 1.54) is 5.69 Å². The molecule has 7 heteroatoms. The highest BCUT2D eigenvalue weighted by atomic mass is 35.5. The molecule has 2 aromatic rings. The second-order valence-corrected chi connectivity index (χ2v) is 7.35. The molecule has 2 heterocycles. The Kier molecular flexibility index (Phi) is 5.30. The van der Waals surface area contributed by atoms with E-state index in [-0.39, 0.29) is 18.1 Å². The van der Waals surface area contributed by atoms with Crippen molar-refractivity contribution in [2.45, 2.75) is 12.5 Å². The van der Waals surface area contributed by atoms with Crippen LogP contribution in [-0.4, -0.2) is 54.8 Å². The lowest BCUT2D eigenvalue weighted by molar-refractivity contribution is -0.118. The zero-order valence-electron chi connectivity index (χ0n) is 15.3. The van der Waals surface area contributed by atoms with E-state index in [9.17, 15) is 9.59 Å². The summed E-state index contributed by atoms with van der Waals surface area (Å²) >= 11 is 5.95. The summed E-state index contributed by atoms with van der Waals surface area (Å²) < 4.78 is 0. The summed E-state index contributed by atoms with van der Waals surface area (Å²) in [5, 5.41) is 3.64. The van der Waals surface area contributed by atoms with Crippen LogP contribution in [0.4, 0.5) is 5.69 Å². The van der Waals surface area contributed by atoms with Crippen LogP contribution in [-0.2, 0) is 4.79 Å². The zero-order valence-corrected chi connectivity index (χ0v) is 16.1. The van der Waals surface area contributed by atoms with Gasteiger partial charge in [0.2, 0.25) is 5.96 Å². The molecule has 1 N–H and O–H groups in total. The molecule has 0 bridgehead atoms. The SMILES string of the molecule is O=C(CC1NC(N2CCN(c3ccccc3)CC2)=NC1=O)c1cccc(Cl)c1. The molecule has 0 aliphatic carbocycles. The Balaban J connectivity index is 1.33. The monoisotopic (exact) mass is 396 g/mol. The molecule has 28 heavy (non-hydrogen) atoms. The zero-order chi connectivity index (χ0) is 19.5. The number of anilines is 1. The molecule has 0 saturated carbocycles. The van der Waals surface area contributed by atoms with Gasteiger partial charge in [-0.1, -0.05) is 41.9 Å². The molecule has 1 saturated heterocycles. The minimum absolute atomic E-state index is 0.0656. The van der Waals surface area contributed by atoms with Crippen molar-refractivity contribution < 1.29 is 9.59 Å². The van der Waals surface area contributed by atoms with Crippen LogP contribution >= 0.6 is 11.6 Å². The van der Waals surface area contributed by atoms with E-state index >= 15 is 0 Å². The number of carbonyl (C=O) groups is 2. The smallest absolute Gasteiger partial charge is 0.271 e. The number of amides is 1. The fraction of sp³-hybridized carbons (Fsp3) is 0.286. The van der Waals surface area contributed by atoms with Gasteiger partial charge in [-0.3, -0.25) is 9.59 Å². The molecule has 1 unspecified atom stereocenters. The third-order valence-electron chi connectivity index (χ3n) is 5.05. The molecule has 1 atom stereocenters. The number of halogens is 1. The standard InChI is InChI=1S/C21H21ClN4O2/c22-16-6-4-5-15(13-16)19(27)14-18-20(28)24-21(23-18)26-11-9-25(10-12-26)17-7-2-1-3-8-17/h1-8,13,18H,9-12,14H2,(H,23,24,28). The third kappa shape index (κ3) is 4.02. The maximum atomic E-state index is 12.5.